The zero-order valence-corrected chi connectivity index (χ0v) is 10.8. The number of rotatable bonds is 4. The molecule has 0 spiro atoms. The summed E-state index contributed by atoms with van der Waals surface area (Å²) < 4.78 is 2.05. The predicted octanol–water partition coefficient (Wildman–Crippen LogP) is 2.51. The van der Waals surface area contributed by atoms with Crippen LogP contribution in [0.5, 0.6) is 0 Å². The van der Waals surface area contributed by atoms with Crippen LogP contribution >= 0.6 is 11.3 Å². The summed E-state index contributed by atoms with van der Waals surface area (Å²) in [5, 5.41) is 2.04. The van der Waals surface area contributed by atoms with Crippen LogP contribution in [-0.2, 0) is 12.8 Å². The Morgan fingerprint density at radius 1 is 1.22 bits per heavy atom. The zero-order valence-electron chi connectivity index (χ0n) is 9.99. The molecule has 0 saturated heterocycles. The second-order valence-corrected chi connectivity index (χ2v) is 5.35. The van der Waals surface area contributed by atoms with Crippen LogP contribution in [0, 0.1) is 0 Å². The largest absolute Gasteiger partial charge is 0.327 e. The maximum Gasteiger partial charge on any atom is 0.193 e. The number of aromatic nitrogens is 2. The molecule has 0 aliphatic rings. The third kappa shape index (κ3) is 2.44. The van der Waals surface area contributed by atoms with Gasteiger partial charge in [-0.05, 0) is 12.0 Å². The highest BCUT2D eigenvalue weighted by atomic mass is 32.1. The molecular weight excluding hydrogens is 242 g/mol. The van der Waals surface area contributed by atoms with Crippen molar-refractivity contribution in [3.63, 3.8) is 0 Å². The van der Waals surface area contributed by atoms with E-state index in [0.717, 1.165) is 23.5 Å². The average Bonchev–Trinajstić information content (AvgIpc) is 2.90. The van der Waals surface area contributed by atoms with Crippen LogP contribution in [0.15, 0.2) is 48.1 Å². The van der Waals surface area contributed by atoms with E-state index in [9.17, 15) is 0 Å². The first-order valence-electron chi connectivity index (χ1n) is 6.02. The molecule has 1 unspecified atom stereocenters. The van der Waals surface area contributed by atoms with E-state index >= 15 is 0 Å². The van der Waals surface area contributed by atoms with Crippen molar-refractivity contribution in [3.05, 3.63) is 59.4 Å². The number of nitrogens with zero attached hydrogens (tertiary/aromatic N) is 2. The highest BCUT2D eigenvalue weighted by Gasteiger charge is 2.09. The molecule has 1 aromatic carbocycles. The van der Waals surface area contributed by atoms with E-state index in [0.29, 0.717) is 0 Å². The van der Waals surface area contributed by atoms with Crippen molar-refractivity contribution in [3.8, 4) is 0 Å². The minimum Gasteiger partial charge on any atom is -0.327 e. The molecule has 18 heavy (non-hydrogen) atoms. The Kier molecular flexibility index (Phi) is 3.13. The monoisotopic (exact) mass is 257 g/mol. The molecule has 2 N–H and O–H groups in total. The first-order chi connectivity index (χ1) is 8.81. The fourth-order valence-electron chi connectivity index (χ4n) is 2.13. The third-order valence-corrected chi connectivity index (χ3v) is 3.73. The second-order valence-electron chi connectivity index (χ2n) is 4.48. The Morgan fingerprint density at radius 3 is 2.83 bits per heavy atom. The van der Waals surface area contributed by atoms with Crippen LogP contribution in [0.25, 0.3) is 4.96 Å². The van der Waals surface area contributed by atoms with Crippen LogP contribution < -0.4 is 5.73 Å². The van der Waals surface area contributed by atoms with Gasteiger partial charge in [0.25, 0.3) is 0 Å². The van der Waals surface area contributed by atoms with Gasteiger partial charge in [0.15, 0.2) is 4.96 Å². The SMILES string of the molecule is NC(Cc1ccccc1)Cc1cn2ccsc2n1. The lowest BCUT2D eigenvalue weighted by atomic mass is 10.0. The maximum atomic E-state index is 6.18. The number of benzene rings is 1. The van der Waals surface area contributed by atoms with Crippen molar-refractivity contribution in [1.29, 1.82) is 0 Å². The topological polar surface area (TPSA) is 43.3 Å². The Hall–Kier alpha value is -1.65. The van der Waals surface area contributed by atoms with Crippen LogP contribution in [0.3, 0.4) is 0 Å². The summed E-state index contributed by atoms with van der Waals surface area (Å²) in [4.78, 5) is 5.59. The van der Waals surface area contributed by atoms with Gasteiger partial charge in [-0.15, -0.1) is 11.3 Å². The molecule has 0 bridgehead atoms. The molecule has 2 aromatic heterocycles. The van der Waals surface area contributed by atoms with E-state index in [-0.39, 0.29) is 6.04 Å². The molecule has 0 aliphatic carbocycles. The van der Waals surface area contributed by atoms with Gasteiger partial charge in [-0.3, -0.25) is 4.40 Å². The highest BCUT2D eigenvalue weighted by molar-refractivity contribution is 7.15. The molecule has 1 atom stereocenters. The molecule has 0 aliphatic heterocycles. The van der Waals surface area contributed by atoms with Crippen molar-refractivity contribution in [2.24, 2.45) is 5.73 Å². The lowest BCUT2D eigenvalue weighted by Crippen LogP contribution is -2.25. The van der Waals surface area contributed by atoms with Crippen molar-refractivity contribution >= 4 is 16.3 Å². The zero-order chi connectivity index (χ0) is 12.4. The van der Waals surface area contributed by atoms with Gasteiger partial charge in [0.05, 0.1) is 5.69 Å². The molecule has 2 heterocycles. The van der Waals surface area contributed by atoms with Crippen LogP contribution in [-0.4, -0.2) is 15.4 Å². The first-order valence-corrected chi connectivity index (χ1v) is 6.90. The first kappa shape index (κ1) is 11.4. The molecule has 0 amide bonds. The summed E-state index contributed by atoms with van der Waals surface area (Å²) in [7, 11) is 0. The Morgan fingerprint density at radius 2 is 2.06 bits per heavy atom. The van der Waals surface area contributed by atoms with Crippen molar-refractivity contribution in [2.45, 2.75) is 18.9 Å². The summed E-state index contributed by atoms with van der Waals surface area (Å²) in [5.41, 5.74) is 8.54. The minimum absolute atomic E-state index is 0.122. The van der Waals surface area contributed by atoms with Crippen molar-refractivity contribution < 1.29 is 0 Å². The van der Waals surface area contributed by atoms with Gasteiger partial charge >= 0.3 is 0 Å². The Bertz CT molecular complexity index is 598. The molecular formula is C14H15N3S. The predicted molar refractivity (Wildman–Crippen MR) is 74.9 cm³/mol. The number of nitrogens with two attached hydrogens (primary N) is 1. The van der Waals surface area contributed by atoms with Crippen LogP contribution in [0.1, 0.15) is 11.3 Å². The van der Waals surface area contributed by atoms with Crippen LogP contribution in [0.4, 0.5) is 0 Å². The smallest absolute Gasteiger partial charge is 0.193 e. The van der Waals surface area contributed by atoms with Gasteiger partial charge in [0.1, 0.15) is 0 Å². The van der Waals surface area contributed by atoms with Gasteiger partial charge in [-0.1, -0.05) is 30.3 Å². The fraction of sp³-hybridized carbons (Fsp3) is 0.214. The normalized spacial score (nSPS) is 12.9. The number of thiazole rings is 1. The lowest BCUT2D eigenvalue weighted by molar-refractivity contribution is 0.656. The van der Waals surface area contributed by atoms with E-state index in [1.165, 1.54) is 5.56 Å². The maximum absolute atomic E-state index is 6.18. The molecule has 92 valence electrons. The standard InChI is InChI=1S/C14H15N3S/c15-12(8-11-4-2-1-3-5-11)9-13-10-17-6-7-18-14(17)16-13/h1-7,10,12H,8-9,15H2. The van der Waals surface area contributed by atoms with Crippen molar-refractivity contribution in [1.82, 2.24) is 9.38 Å². The molecule has 3 aromatic rings. The molecule has 4 heteroatoms. The summed E-state index contributed by atoms with van der Waals surface area (Å²) in [6.07, 6.45) is 5.81. The van der Waals surface area contributed by atoms with Crippen LogP contribution in [0.2, 0.25) is 0 Å². The van der Waals surface area contributed by atoms with Crippen molar-refractivity contribution in [2.75, 3.05) is 0 Å². The highest BCUT2D eigenvalue weighted by Crippen LogP contribution is 2.13. The molecule has 0 radical (unpaired) electrons. The quantitative estimate of drug-likeness (QED) is 0.780. The van der Waals surface area contributed by atoms with E-state index in [4.69, 9.17) is 5.73 Å². The van der Waals surface area contributed by atoms with E-state index in [2.05, 4.69) is 39.8 Å². The molecule has 3 nitrogen and oxygen atoms in total. The second kappa shape index (κ2) is 4.92. The van der Waals surface area contributed by atoms with Gasteiger partial charge in [-0.2, -0.15) is 0 Å². The number of hydrogen-bond donors (Lipinski definition) is 1. The van der Waals surface area contributed by atoms with Gasteiger partial charge in [-0.25, -0.2) is 4.98 Å². The molecule has 0 saturated carbocycles. The van der Waals surface area contributed by atoms with Gasteiger partial charge < -0.3 is 5.73 Å². The lowest BCUT2D eigenvalue weighted by Gasteiger charge is -2.09. The van der Waals surface area contributed by atoms with Gasteiger partial charge in [0.2, 0.25) is 0 Å². The van der Waals surface area contributed by atoms with E-state index in [1.807, 2.05) is 17.6 Å². The minimum atomic E-state index is 0.122. The van der Waals surface area contributed by atoms with E-state index in [1.54, 1.807) is 11.3 Å². The number of hydrogen-bond acceptors (Lipinski definition) is 3. The van der Waals surface area contributed by atoms with Gasteiger partial charge in [0, 0.05) is 30.2 Å². The summed E-state index contributed by atoms with van der Waals surface area (Å²) in [5.74, 6) is 0. The summed E-state index contributed by atoms with van der Waals surface area (Å²) in [6, 6.07) is 10.5. The fourth-order valence-corrected chi connectivity index (χ4v) is 2.85. The number of imidazole rings is 1. The molecule has 3 rings (SSSR count). The van der Waals surface area contributed by atoms with E-state index < -0.39 is 0 Å². The average molecular weight is 257 g/mol. The Labute approximate surface area is 110 Å². The summed E-state index contributed by atoms with van der Waals surface area (Å²) >= 11 is 1.65. The third-order valence-electron chi connectivity index (χ3n) is 2.96. The molecule has 0 fully saturated rings. The summed E-state index contributed by atoms with van der Waals surface area (Å²) in [6.45, 7) is 0. The Balaban J connectivity index is 1.67. The number of fused-ring (bicyclic) bond motifs is 1.